The van der Waals surface area contributed by atoms with Crippen molar-refractivity contribution in [2.75, 3.05) is 11.0 Å². The van der Waals surface area contributed by atoms with Crippen LogP contribution in [0.25, 0.3) is 0 Å². The maximum Gasteiger partial charge on any atom is 0.109 e. The molecule has 0 aliphatic carbocycles. The summed E-state index contributed by atoms with van der Waals surface area (Å²) in [6.07, 6.45) is -1.52. The molecule has 0 radical (unpaired) electrons. The monoisotopic (exact) mass is 244 g/mol. The van der Waals surface area contributed by atoms with Crippen LogP contribution >= 0.6 is 22.6 Å². The second-order valence-corrected chi connectivity index (χ2v) is 2.96. The highest BCUT2D eigenvalue weighted by Gasteiger charge is 2.33. The Balaban J connectivity index is 2.41. The van der Waals surface area contributed by atoms with Gasteiger partial charge in [-0.05, 0) is 0 Å². The van der Waals surface area contributed by atoms with Crippen LogP contribution in [0.2, 0.25) is 0 Å². The van der Waals surface area contributed by atoms with Crippen molar-refractivity contribution in [3.05, 3.63) is 0 Å². The summed E-state index contributed by atoms with van der Waals surface area (Å²) in [5, 5.41) is 18.0. The fourth-order valence-corrected chi connectivity index (χ4v) is 1.58. The van der Waals surface area contributed by atoms with Crippen LogP contribution in [0, 0.1) is 0 Å². The minimum absolute atomic E-state index is 0.166. The second-order valence-electron chi connectivity index (χ2n) is 2.08. The predicted molar refractivity (Wildman–Crippen MR) is 40.6 cm³/mol. The molecular formula is C5H9IO3. The average Bonchev–Trinajstić information content (AvgIpc) is 2.15. The highest BCUT2D eigenvalue weighted by molar-refractivity contribution is 14.1. The van der Waals surface area contributed by atoms with Crippen molar-refractivity contribution >= 4 is 22.6 Å². The van der Waals surface area contributed by atoms with Crippen LogP contribution < -0.4 is 0 Å². The summed E-state index contributed by atoms with van der Waals surface area (Å²) in [6, 6.07) is 0. The lowest BCUT2D eigenvalue weighted by molar-refractivity contribution is 0.0348. The number of alkyl halides is 1. The third kappa shape index (κ3) is 1.54. The van der Waals surface area contributed by atoms with Gasteiger partial charge in [0, 0.05) is 4.43 Å². The van der Waals surface area contributed by atoms with E-state index in [0.29, 0.717) is 0 Å². The molecule has 1 saturated heterocycles. The summed E-state index contributed by atoms with van der Waals surface area (Å²) >= 11 is 2.12. The molecule has 2 N–H and O–H groups in total. The molecule has 1 heterocycles. The Morgan fingerprint density at radius 2 is 2.22 bits per heavy atom. The standard InChI is InChI=1S/C5H9IO3/c6-1-4-5(8)3(7)2-9-4/h3-5,7-8H,1-2H2/t3-,4+,5-/m0/s1. The lowest BCUT2D eigenvalue weighted by Gasteiger charge is -2.10. The third-order valence-corrected chi connectivity index (χ3v) is 2.28. The Morgan fingerprint density at radius 1 is 1.56 bits per heavy atom. The number of hydrogen-bond donors (Lipinski definition) is 2. The summed E-state index contributed by atoms with van der Waals surface area (Å²) < 4.78 is 5.75. The second kappa shape index (κ2) is 3.14. The van der Waals surface area contributed by atoms with Crippen LogP contribution in [0.15, 0.2) is 0 Å². The molecule has 1 rings (SSSR count). The molecule has 9 heavy (non-hydrogen) atoms. The van der Waals surface area contributed by atoms with Crippen molar-refractivity contribution in [1.82, 2.24) is 0 Å². The highest BCUT2D eigenvalue weighted by atomic mass is 127. The number of halogens is 1. The molecule has 0 bridgehead atoms. The van der Waals surface area contributed by atoms with Crippen LogP contribution in [0.5, 0.6) is 0 Å². The van der Waals surface area contributed by atoms with Crippen molar-refractivity contribution in [3.8, 4) is 0 Å². The molecule has 3 nitrogen and oxygen atoms in total. The van der Waals surface area contributed by atoms with E-state index in [1.807, 2.05) is 0 Å². The zero-order chi connectivity index (χ0) is 6.85. The van der Waals surface area contributed by atoms with Gasteiger partial charge < -0.3 is 14.9 Å². The summed E-state index contributed by atoms with van der Waals surface area (Å²) in [5.41, 5.74) is 0. The van der Waals surface area contributed by atoms with Crippen molar-refractivity contribution in [1.29, 1.82) is 0 Å². The van der Waals surface area contributed by atoms with E-state index < -0.39 is 12.2 Å². The molecule has 1 aliphatic heterocycles. The van der Waals surface area contributed by atoms with Crippen molar-refractivity contribution in [2.24, 2.45) is 0 Å². The van der Waals surface area contributed by atoms with Gasteiger partial charge in [0.2, 0.25) is 0 Å². The molecule has 54 valence electrons. The largest absolute Gasteiger partial charge is 0.388 e. The maximum atomic E-state index is 9.08. The molecule has 1 fully saturated rings. The Hall–Kier alpha value is 0.610. The Labute approximate surface area is 67.2 Å². The van der Waals surface area contributed by atoms with E-state index in [9.17, 15) is 0 Å². The molecule has 0 aromatic heterocycles. The molecule has 0 aromatic rings. The van der Waals surface area contributed by atoms with Gasteiger partial charge in [-0.1, -0.05) is 22.6 Å². The molecule has 1 aliphatic rings. The van der Waals surface area contributed by atoms with Crippen molar-refractivity contribution < 1.29 is 14.9 Å². The van der Waals surface area contributed by atoms with Gasteiger partial charge >= 0.3 is 0 Å². The average molecular weight is 244 g/mol. The molecule has 4 heteroatoms. The summed E-state index contributed by atoms with van der Waals surface area (Å²) in [5.74, 6) is 0. The third-order valence-electron chi connectivity index (χ3n) is 1.41. The summed E-state index contributed by atoms with van der Waals surface area (Å²) in [4.78, 5) is 0. The lowest BCUT2D eigenvalue weighted by atomic mass is 10.2. The van der Waals surface area contributed by atoms with Gasteiger partial charge in [-0.2, -0.15) is 0 Å². The number of rotatable bonds is 1. The van der Waals surface area contributed by atoms with Gasteiger partial charge in [0.15, 0.2) is 0 Å². The maximum absolute atomic E-state index is 9.08. The van der Waals surface area contributed by atoms with Crippen LogP contribution in [-0.4, -0.2) is 39.6 Å². The van der Waals surface area contributed by atoms with E-state index >= 15 is 0 Å². The summed E-state index contributed by atoms with van der Waals surface area (Å²) in [6.45, 7) is 0.273. The first kappa shape index (κ1) is 7.71. The SMILES string of the molecule is O[C@H]1[C@@H](O)CO[C@@H]1CI. The molecule has 0 unspecified atom stereocenters. The predicted octanol–water partition coefficient (Wildman–Crippen LogP) is -0.458. The van der Waals surface area contributed by atoms with Crippen LogP contribution in [-0.2, 0) is 4.74 Å². The quantitative estimate of drug-likeness (QED) is 0.485. The topological polar surface area (TPSA) is 49.7 Å². The minimum atomic E-state index is -0.679. The van der Waals surface area contributed by atoms with Crippen molar-refractivity contribution in [2.45, 2.75) is 18.3 Å². The number of ether oxygens (including phenoxy) is 1. The summed E-state index contributed by atoms with van der Waals surface area (Å²) in [7, 11) is 0. The van der Waals surface area contributed by atoms with Gasteiger partial charge in [-0.15, -0.1) is 0 Å². The lowest BCUT2D eigenvalue weighted by Crippen LogP contribution is -2.30. The fourth-order valence-electron chi connectivity index (χ4n) is 0.803. The first-order valence-electron chi connectivity index (χ1n) is 2.79. The molecule has 0 aromatic carbocycles. The van der Waals surface area contributed by atoms with E-state index in [0.717, 1.165) is 4.43 Å². The smallest absolute Gasteiger partial charge is 0.109 e. The first-order chi connectivity index (χ1) is 4.25. The van der Waals surface area contributed by atoms with E-state index in [2.05, 4.69) is 22.6 Å². The zero-order valence-corrected chi connectivity index (χ0v) is 6.98. The van der Waals surface area contributed by atoms with Gasteiger partial charge in [0.05, 0.1) is 12.7 Å². The number of aliphatic hydroxyl groups is 2. The molecule has 0 amide bonds. The van der Waals surface area contributed by atoms with E-state index in [1.165, 1.54) is 0 Å². The fraction of sp³-hybridized carbons (Fsp3) is 1.00. The van der Waals surface area contributed by atoms with Crippen molar-refractivity contribution in [3.63, 3.8) is 0 Å². The van der Waals surface area contributed by atoms with Crippen LogP contribution in [0.3, 0.4) is 0 Å². The van der Waals surface area contributed by atoms with Crippen LogP contribution in [0.1, 0.15) is 0 Å². The molecule has 0 saturated carbocycles. The van der Waals surface area contributed by atoms with Gasteiger partial charge in [0.25, 0.3) is 0 Å². The van der Waals surface area contributed by atoms with E-state index in [-0.39, 0.29) is 12.7 Å². The normalized spacial score (nSPS) is 43.7. The molecule has 0 spiro atoms. The highest BCUT2D eigenvalue weighted by Crippen LogP contribution is 2.15. The molecular weight excluding hydrogens is 235 g/mol. The van der Waals surface area contributed by atoms with Gasteiger partial charge in [-0.25, -0.2) is 0 Å². The van der Waals surface area contributed by atoms with E-state index in [4.69, 9.17) is 14.9 Å². The number of aliphatic hydroxyl groups excluding tert-OH is 2. The van der Waals surface area contributed by atoms with Crippen LogP contribution in [0.4, 0.5) is 0 Å². The number of hydrogen-bond acceptors (Lipinski definition) is 3. The zero-order valence-electron chi connectivity index (χ0n) is 4.83. The minimum Gasteiger partial charge on any atom is -0.388 e. The Bertz CT molecular complexity index is 98.2. The Kier molecular flexibility index (Phi) is 2.69. The van der Waals surface area contributed by atoms with Gasteiger partial charge in [0.1, 0.15) is 12.2 Å². The van der Waals surface area contributed by atoms with E-state index in [1.54, 1.807) is 0 Å². The van der Waals surface area contributed by atoms with Gasteiger partial charge in [-0.3, -0.25) is 0 Å². The molecule has 3 atom stereocenters. The first-order valence-corrected chi connectivity index (χ1v) is 4.32. The Morgan fingerprint density at radius 3 is 2.44 bits per heavy atom.